The largest absolute Gasteiger partial charge is 0.496 e. The Kier molecular flexibility index (Phi) is 5.72. The lowest BCUT2D eigenvalue weighted by molar-refractivity contribution is -0.121. The van der Waals surface area contributed by atoms with E-state index in [9.17, 15) is 14.4 Å². The summed E-state index contributed by atoms with van der Waals surface area (Å²) in [6, 6.07) is 7.49. The van der Waals surface area contributed by atoms with E-state index >= 15 is 0 Å². The van der Waals surface area contributed by atoms with E-state index < -0.39 is 17.2 Å². The molecule has 150 valence electrons. The lowest BCUT2D eigenvalue weighted by Crippen LogP contribution is -2.37. The summed E-state index contributed by atoms with van der Waals surface area (Å²) < 4.78 is 8.91. The molecular weight excluding hydrogens is 376 g/mol. The molecule has 0 fully saturated rings. The van der Waals surface area contributed by atoms with Gasteiger partial charge in [-0.05, 0) is 18.2 Å². The van der Waals surface area contributed by atoms with E-state index in [1.165, 1.54) is 35.8 Å². The highest BCUT2D eigenvalue weighted by Gasteiger charge is 2.15. The Hall–Kier alpha value is -3.95. The fraction of sp³-hybridized carbons (Fsp3) is 0.211. The number of rotatable bonds is 6. The number of hydrazone groups is 1. The molecule has 29 heavy (non-hydrogen) atoms. The summed E-state index contributed by atoms with van der Waals surface area (Å²) in [5.41, 5.74) is 2.64. The van der Waals surface area contributed by atoms with E-state index in [1.807, 2.05) is 24.3 Å². The van der Waals surface area contributed by atoms with Crippen molar-refractivity contribution in [3.63, 3.8) is 0 Å². The molecule has 1 aromatic carbocycles. The van der Waals surface area contributed by atoms with Crippen LogP contribution in [0, 0.1) is 0 Å². The highest BCUT2D eigenvalue weighted by atomic mass is 16.5. The van der Waals surface area contributed by atoms with Crippen LogP contribution in [0.15, 0.2) is 51.4 Å². The van der Waals surface area contributed by atoms with Gasteiger partial charge in [0, 0.05) is 25.9 Å². The molecular formula is C19H20N6O4. The molecule has 0 unspecified atom stereocenters. The van der Waals surface area contributed by atoms with Gasteiger partial charge in [-0.3, -0.25) is 18.7 Å². The van der Waals surface area contributed by atoms with Gasteiger partial charge in [-0.15, -0.1) is 0 Å². The summed E-state index contributed by atoms with van der Waals surface area (Å²) in [5, 5.41) is 3.85. The summed E-state index contributed by atoms with van der Waals surface area (Å²) in [7, 11) is 4.48. The molecule has 1 amide bonds. The highest BCUT2D eigenvalue weighted by Crippen LogP contribution is 2.18. The lowest BCUT2D eigenvalue weighted by atomic mass is 10.2. The first-order valence-electron chi connectivity index (χ1n) is 8.66. The zero-order valence-corrected chi connectivity index (χ0v) is 16.2. The monoisotopic (exact) mass is 396 g/mol. The summed E-state index contributed by atoms with van der Waals surface area (Å²) in [5.74, 6) is 0.296. The number of amides is 1. The predicted molar refractivity (Wildman–Crippen MR) is 109 cm³/mol. The van der Waals surface area contributed by atoms with Crippen molar-refractivity contribution in [1.82, 2.24) is 24.1 Å². The second kappa shape index (κ2) is 8.38. The number of fused-ring (bicyclic) bond motifs is 1. The maximum Gasteiger partial charge on any atom is 0.332 e. The van der Waals surface area contributed by atoms with Crippen LogP contribution in [0.4, 0.5) is 0 Å². The lowest BCUT2D eigenvalue weighted by Gasteiger charge is -2.07. The fourth-order valence-corrected chi connectivity index (χ4v) is 2.85. The van der Waals surface area contributed by atoms with Gasteiger partial charge in [-0.2, -0.15) is 5.10 Å². The Labute approximate surface area is 165 Å². The van der Waals surface area contributed by atoms with Crippen LogP contribution in [0.1, 0.15) is 5.56 Å². The van der Waals surface area contributed by atoms with Crippen molar-refractivity contribution in [1.29, 1.82) is 0 Å². The van der Waals surface area contributed by atoms with Crippen molar-refractivity contribution in [3.8, 4) is 5.75 Å². The molecule has 0 atom stereocenters. The minimum absolute atomic E-state index is 0.116. The second-order valence-corrected chi connectivity index (χ2v) is 6.16. The minimum Gasteiger partial charge on any atom is -0.496 e. The number of benzene rings is 1. The Morgan fingerprint density at radius 1 is 1.24 bits per heavy atom. The topological polar surface area (TPSA) is 113 Å². The van der Waals surface area contributed by atoms with Gasteiger partial charge in [0.15, 0.2) is 5.52 Å². The normalized spacial score (nSPS) is 11.6. The number of carbonyl (C=O) groups excluding carboxylic acids is 1. The van der Waals surface area contributed by atoms with Crippen LogP contribution < -0.4 is 21.4 Å². The van der Waals surface area contributed by atoms with Crippen LogP contribution in [-0.4, -0.2) is 37.9 Å². The number of hydrogen-bond donors (Lipinski definition) is 1. The van der Waals surface area contributed by atoms with Gasteiger partial charge in [0.1, 0.15) is 17.9 Å². The summed E-state index contributed by atoms with van der Waals surface area (Å²) in [6.45, 7) is -0.148. The van der Waals surface area contributed by atoms with E-state index in [-0.39, 0.29) is 17.7 Å². The van der Waals surface area contributed by atoms with Crippen molar-refractivity contribution in [3.05, 3.63) is 63.1 Å². The van der Waals surface area contributed by atoms with Crippen molar-refractivity contribution in [2.75, 3.05) is 7.11 Å². The van der Waals surface area contributed by atoms with E-state index in [4.69, 9.17) is 4.74 Å². The Morgan fingerprint density at radius 3 is 2.76 bits per heavy atom. The van der Waals surface area contributed by atoms with Crippen LogP contribution in [0.25, 0.3) is 17.2 Å². The van der Waals surface area contributed by atoms with Crippen LogP contribution in [0.2, 0.25) is 0 Å². The summed E-state index contributed by atoms with van der Waals surface area (Å²) >= 11 is 0. The van der Waals surface area contributed by atoms with Gasteiger partial charge in [-0.25, -0.2) is 15.2 Å². The average molecular weight is 396 g/mol. The molecule has 3 aromatic rings. The van der Waals surface area contributed by atoms with E-state index in [0.717, 1.165) is 15.9 Å². The smallest absolute Gasteiger partial charge is 0.332 e. The molecule has 3 rings (SSSR count). The van der Waals surface area contributed by atoms with Gasteiger partial charge in [0.25, 0.3) is 11.5 Å². The zero-order valence-electron chi connectivity index (χ0n) is 16.2. The molecule has 0 saturated carbocycles. The number of aryl methyl sites for hydroxylation is 1. The number of allylic oxidation sites excluding steroid dienone is 1. The third kappa shape index (κ3) is 4.00. The molecule has 0 spiro atoms. The highest BCUT2D eigenvalue weighted by molar-refractivity contribution is 5.82. The first kappa shape index (κ1) is 19.8. The number of methoxy groups -OCH3 is 1. The maximum atomic E-state index is 12.1. The van der Waals surface area contributed by atoms with Crippen LogP contribution in [0.3, 0.4) is 0 Å². The predicted octanol–water partition coefficient (Wildman–Crippen LogP) is 0.258. The first-order chi connectivity index (χ1) is 13.9. The molecule has 0 aliphatic carbocycles. The van der Waals surface area contributed by atoms with Crippen LogP contribution >= 0.6 is 0 Å². The number of hydrogen-bond acceptors (Lipinski definition) is 6. The van der Waals surface area contributed by atoms with Crippen LogP contribution in [0.5, 0.6) is 5.75 Å². The Bertz CT molecular complexity index is 1230. The standard InChI is InChI=1S/C19H20N6O4/c1-23-17-16(18(27)24(2)19(23)28)20-12-25(17)11-15(26)22-21-10-6-8-13-7-4-5-9-14(13)29-3/h4-10,12H,11H2,1-3H3,(H,22,26)/b8-6+,21-10-. The molecule has 0 radical (unpaired) electrons. The van der Waals surface area contributed by atoms with Crippen molar-refractivity contribution < 1.29 is 9.53 Å². The average Bonchev–Trinajstić information content (AvgIpc) is 3.14. The Morgan fingerprint density at radius 2 is 2.00 bits per heavy atom. The van der Waals surface area contributed by atoms with Crippen LogP contribution in [-0.2, 0) is 25.4 Å². The molecule has 2 aromatic heterocycles. The molecule has 10 nitrogen and oxygen atoms in total. The molecule has 0 aliphatic heterocycles. The number of nitrogens with one attached hydrogen (secondary N) is 1. The van der Waals surface area contributed by atoms with Gasteiger partial charge in [0.05, 0.1) is 13.4 Å². The second-order valence-electron chi connectivity index (χ2n) is 6.16. The zero-order chi connectivity index (χ0) is 21.0. The number of ether oxygens (including phenoxy) is 1. The van der Waals surface area contributed by atoms with E-state index in [0.29, 0.717) is 0 Å². The number of aromatic nitrogens is 4. The Balaban J connectivity index is 1.69. The van der Waals surface area contributed by atoms with Gasteiger partial charge in [0.2, 0.25) is 0 Å². The molecule has 0 bridgehead atoms. The number of carbonyl (C=O) groups is 1. The van der Waals surface area contributed by atoms with Crippen molar-refractivity contribution in [2.24, 2.45) is 19.2 Å². The number of nitrogens with zero attached hydrogens (tertiary/aromatic N) is 5. The molecule has 1 N–H and O–H groups in total. The first-order valence-corrected chi connectivity index (χ1v) is 8.66. The van der Waals surface area contributed by atoms with Gasteiger partial charge in [-0.1, -0.05) is 18.2 Å². The van der Waals surface area contributed by atoms with Crippen molar-refractivity contribution in [2.45, 2.75) is 6.54 Å². The molecule has 2 heterocycles. The SMILES string of the molecule is COc1ccccc1/C=C/C=N\NC(=O)Cn1cnc2c(=O)n(C)c(=O)n(C)c21. The van der Waals surface area contributed by atoms with E-state index in [1.54, 1.807) is 19.3 Å². The van der Waals surface area contributed by atoms with E-state index in [2.05, 4.69) is 15.5 Å². The fourth-order valence-electron chi connectivity index (χ4n) is 2.85. The molecule has 10 heteroatoms. The third-order valence-electron chi connectivity index (χ3n) is 4.29. The van der Waals surface area contributed by atoms with Gasteiger partial charge >= 0.3 is 5.69 Å². The third-order valence-corrected chi connectivity index (χ3v) is 4.29. The maximum absolute atomic E-state index is 12.1. The quantitative estimate of drug-likeness (QED) is 0.474. The molecule has 0 aliphatic rings. The number of imidazole rings is 1. The summed E-state index contributed by atoms with van der Waals surface area (Å²) in [6.07, 6.45) is 6.24. The van der Waals surface area contributed by atoms with Crippen molar-refractivity contribution >= 4 is 29.4 Å². The summed E-state index contributed by atoms with van der Waals surface area (Å²) in [4.78, 5) is 40.4. The number of para-hydroxylation sites is 1. The minimum atomic E-state index is -0.512. The molecule has 0 saturated heterocycles. The van der Waals surface area contributed by atoms with Gasteiger partial charge < -0.3 is 9.30 Å².